The summed E-state index contributed by atoms with van der Waals surface area (Å²) in [5.74, 6) is -0.306. The first-order chi connectivity index (χ1) is 9.27. The summed E-state index contributed by atoms with van der Waals surface area (Å²) >= 11 is 0. The summed E-state index contributed by atoms with van der Waals surface area (Å²) in [4.78, 5) is 15.7. The lowest BCUT2D eigenvalue weighted by Crippen LogP contribution is -2.51. The third-order valence-electron chi connectivity index (χ3n) is 4.27. The molecule has 0 unspecified atom stereocenters. The van der Waals surface area contributed by atoms with Crippen LogP contribution in [0.3, 0.4) is 0 Å². The highest BCUT2D eigenvalue weighted by molar-refractivity contribution is 5.76. The van der Waals surface area contributed by atoms with Gasteiger partial charge in [-0.25, -0.2) is 4.79 Å². The van der Waals surface area contributed by atoms with Crippen LogP contribution in [0.4, 0.5) is 4.79 Å². The Morgan fingerprint density at radius 1 is 1.11 bits per heavy atom. The number of rotatable bonds is 3. The number of hydrogen-bond acceptors (Lipinski definition) is 4. The van der Waals surface area contributed by atoms with Crippen LogP contribution in [0.25, 0.3) is 0 Å². The van der Waals surface area contributed by atoms with Crippen molar-refractivity contribution in [3.63, 3.8) is 0 Å². The molecule has 3 aliphatic heterocycles. The number of carbonyl (C=O) groups excluding carboxylic acids is 1. The minimum atomic E-state index is -0.306. The van der Waals surface area contributed by atoms with Gasteiger partial charge in [0.15, 0.2) is 5.79 Å². The lowest BCUT2D eigenvalue weighted by Gasteiger charge is -2.43. The van der Waals surface area contributed by atoms with E-state index in [0.717, 1.165) is 71.7 Å². The number of likely N-dealkylation sites (tertiary alicyclic amines) is 1. The zero-order chi connectivity index (χ0) is 13.1. The Morgan fingerprint density at radius 3 is 2.47 bits per heavy atom. The van der Waals surface area contributed by atoms with Gasteiger partial charge in [0.05, 0.1) is 13.2 Å². The molecular formula is C13H23N3O3. The Hall–Kier alpha value is -0.850. The van der Waals surface area contributed by atoms with E-state index in [1.165, 1.54) is 0 Å². The second-order valence-electron chi connectivity index (χ2n) is 5.52. The standard InChI is InChI=1S/C13H23N3O3/c17-12-14-4-7-16(12)9-8-15-5-2-13(3-6-15)18-10-1-11-19-13/h1-11H2,(H,14,17). The average Bonchev–Trinajstić information content (AvgIpc) is 2.85. The molecule has 3 aliphatic rings. The van der Waals surface area contributed by atoms with Crippen LogP contribution >= 0.6 is 0 Å². The summed E-state index contributed by atoms with van der Waals surface area (Å²) < 4.78 is 11.7. The summed E-state index contributed by atoms with van der Waals surface area (Å²) in [6, 6.07) is 0.0763. The maximum atomic E-state index is 11.4. The Morgan fingerprint density at radius 2 is 1.84 bits per heavy atom. The smallest absolute Gasteiger partial charge is 0.317 e. The molecule has 2 amide bonds. The molecule has 3 rings (SSSR count). The topological polar surface area (TPSA) is 54.0 Å². The van der Waals surface area contributed by atoms with Crippen LogP contribution < -0.4 is 5.32 Å². The quantitative estimate of drug-likeness (QED) is 0.797. The van der Waals surface area contributed by atoms with E-state index in [1.54, 1.807) is 0 Å². The van der Waals surface area contributed by atoms with Gasteiger partial charge in [-0.15, -0.1) is 0 Å². The van der Waals surface area contributed by atoms with E-state index in [2.05, 4.69) is 10.2 Å². The molecule has 0 aromatic heterocycles. The maximum absolute atomic E-state index is 11.4. The highest BCUT2D eigenvalue weighted by atomic mass is 16.7. The van der Waals surface area contributed by atoms with Crippen molar-refractivity contribution in [3.05, 3.63) is 0 Å². The zero-order valence-corrected chi connectivity index (χ0v) is 11.4. The van der Waals surface area contributed by atoms with E-state index in [9.17, 15) is 4.79 Å². The lowest BCUT2D eigenvalue weighted by atomic mass is 10.0. The Kier molecular flexibility index (Phi) is 3.91. The fourth-order valence-corrected chi connectivity index (χ4v) is 3.01. The molecule has 19 heavy (non-hydrogen) atoms. The largest absolute Gasteiger partial charge is 0.350 e. The van der Waals surface area contributed by atoms with Crippen molar-refractivity contribution < 1.29 is 14.3 Å². The number of urea groups is 1. The summed E-state index contributed by atoms with van der Waals surface area (Å²) in [5, 5.41) is 2.83. The van der Waals surface area contributed by atoms with Crippen LogP contribution in [0, 0.1) is 0 Å². The van der Waals surface area contributed by atoms with Crippen molar-refractivity contribution in [2.45, 2.75) is 25.0 Å². The molecule has 1 spiro atoms. The highest BCUT2D eigenvalue weighted by Crippen LogP contribution is 2.30. The molecule has 3 saturated heterocycles. The first kappa shape index (κ1) is 13.1. The number of carbonyl (C=O) groups is 1. The average molecular weight is 269 g/mol. The van der Waals surface area contributed by atoms with Gasteiger partial charge in [-0.2, -0.15) is 0 Å². The van der Waals surface area contributed by atoms with Gasteiger partial charge < -0.3 is 24.6 Å². The van der Waals surface area contributed by atoms with E-state index >= 15 is 0 Å². The lowest BCUT2D eigenvalue weighted by molar-refractivity contribution is -0.283. The second-order valence-corrected chi connectivity index (χ2v) is 5.52. The molecule has 6 nitrogen and oxygen atoms in total. The maximum Gasteiger partial charge on any atom is 0.317 e. The summed E-state index contributed by atoms with van der Waals surface area (Å²) in [7, 11) is 0. The predicted molar refractivity (Wildman–Crippen MR) is 69.9 cm³/mol. The van der Waals surface area contributed by atoms with Crippen LogP contribution in [0.1, 0.15) is 19.3 Å². The van der Waals surface area contributed by atoms with E-state index < -0.39 is 0 Å². The first-order valence-corrected chi connectivity index (χ1v) is 7.31. The van der Waals surface area contributed by atoms with Gasteiger partial charge >= 0.3 is 6.03 Å². The third kappa shape index (κ3) is 3.01. The SMILES string of the molecule is O=C1NCCN1CCN1CCC2(CC1)OCCCO2. The Labute approximate surface area is 114 Å². The molecule has 0 aromatic rings. The van der Waals surface area contributed by atoms with Gasteiger partial charge in [-0.1, -0.05) is 0 Å². The van der Waals surface area contributed by atoms with Gasteiger partial charge in [-0.3, -0.25) is 0 Å². The number of amides is 2. The monoisotopic (exact) mass is 269 g/mol. The Balaban J connectivity index is 1.41. The summed E-state index contributed by atoms with van der Waals surface area (Å²) in [6.45, 7) is 7.03. The molecule has 0 saturated carbocycles. The minimum Gasteiger partial charge on any atom is -0.350 e. The van der Waals surface area contributed by atoms with Crippen LogP contribution in [0.5, 0.6) is 0 Å². The number of nitrogens with one attached hydrogen (secondary N) is 1. The van der Waals surface area contributed by atoms with E-state index in [1.807, 2.05) is 4.90 Å². The fourth-order valence-electron chi connectivity index (χ4n) is 3.01. The Bertz CT molecular complexity index is 321. The minimum absolute atomic E-state index is 0.0763. The fraction of sp³-hybridized carbons (Fsp3) is 0.923. The van der Waals surface area contributed by atoms with Gasteiger partial charge in [0.25, 0.3) is 0 Å². The van der Waals surface area contributed by atoms with Crippen LogP contribution in [-0.2, 0) is 9.47 Å². The molecule has 1 N–H and O–H groups in total. The normalized spacial score (nSPS) is 27.8. The summed E-state index contributed by atoms with van der Waals surface area (Å²) in [6.07, 6.45) is 2.90. The number of piperidine rings is 1. The van der Waals surface area contributed by atoms with Crippen molar-refractivity contribution in [2.75, 3.05) is 52.5 Å². The van der Waals surface area contributed by atoms with Crippen molar-refractivity contribution in [1.29, 1.82) is 0 Å². The summed E-state index contributed by atoms with van der Waals surface area (Å²) in [5.41, 5.74) is 0. The molecule has 108 valence electrons. The van der Waals surface area contributed by atoms with Crippen LogP contribution in [0.2, 0.25) is 0 Å². The van der Waals surface area contributed by atoms with Crippen molar-refractivity contribution in [3.8, 4) is 0 Å². The van der Waals surface area contributed by atoms with E-state index in [0.29, 0.717) is 0 Å². The van der Waals surface area contributed by atoms with Crippen LogP contribution in [0.15, 0.2) is 0 Å². The molecule has 0 radical (unpaired) electrons. The van der Waals surface area contributed by atoms with Crippen molar-refractivity contribution in [2.24, 2.45) is 0 Å². The first-order valence-electron chi connectivity index (χ1n) is 7.31. The molecule has 0 atom stereocenters. The van der Waals surface area contributed by atoms with E-state index in [4.69, 9.17) is 9.47 Å². The zero-order valence-electron chi connectivity index (χ0n) is 11.4. The molecule has 3 fully saturated rings. The molecule has 0 aliphatic carbocycles. The molecule has 3 heterocycles. The molecule has 0 aromatic carbocycles. The van der Waals surface area contributed by atoms with Crippen molar-refractivity contribution in [1.82, 2.24) is 15.1 Å². The van der Waals surface area contributed by atoms with Gasteiger partial charge in [-0.05, 0) is 6.42 Å². The van der Waals surface area contributed by atoms with Crippen LogP contribution in [-0.4, -0.2) is 74.1 Å². The predicted octanol–water partition coefficient (Wildman–Crippen LogP) is 0.241. The van der Waals surface area contributed by atoms with Gasteiger partial charge in [0.1, 0.15) is 0 Å². The number of ether oxygens (including phenoxy) is 2. The number of hydrogen-bond donors (Lipinski definition) is 1. The number of nitrogens with zero attached hydrogens (tertiary/aromatic N) is 2. The highest BCUT2D eigenvalue weighted by Gasteiger charge is 2.38. The molecule has 6 heteroatoms. The second kappa shape index (κ2) is 5.64. The molecular weight excluding hydrogens is 246 g/mol. The third-order valence-corrected chi connectivity index (χ3v) is 4.27. The van der Waals surface area contributed by atoms with Crippen molar-refractivity contribution >= 4 is 6.03 Å². The van der Waals surface area contributed by atoms with E-state index in [-0.39, 0.29) is 11.8 Å². The van der Waals surface area contributed by atoms with Gasteiger partial charge in [0.2, 0.25) is 0 Å². The van der Waals surface area contributed by atoms with Gasteiger partial charge in [0, 0.05) is 52.1 Å². The molecule has 0 bridgehead atoms.